The molecule has 1 aromatic carbocycles. The summed E-state index contributed by atoms with van der Waals surface area (Å²) in [6, 6.07) is 9.97. The largest absolute Gasteiger partial charge is 0.293 e. The van der Waals surface area contributed by atoms with Crippen LogP contribution in [0.2, 0.25) is 0 Å². The lowest BCUT2D eigenvalue weighted by Crippen LogP contribution is -2.13. The fourth-order valence-corrected chi connectivity index (χ4v) is 1.99. The van der Waals surface area contributed by atoms with E-state index < -0.39 is 0 Å². The Labute approximate surface area is 110 Å². The number of amides is 1. The van der Waals surface area contributed by atoms with Crippen molar-refractivity contribution in [2.45, 2.75) is 19.8 Å². The highest BCUT2D eigenvalue weighted by atomic mass is 16.1. The highest BCUT2D eigenvalue weighted by molar-refractivity contribution is 6.05. The van der Waals surface area contributed by atoms with Gasteiger partial charge in [0.15, 0.2) is 5.82 Å². The zero-order valence-corrected chi connectivity index (χ0v) is 10.5. The first-order chi connectivity index (χ1) is 9.22. The zero-order chi connectivity index (χ0) is 13.2. The first kappa shape index (κ1) is 11.6. The third-order valence-corrected chi connectivity index (χ3v) is 2.85. The summed E-state index contributed by atoms with van der Waals surface area (Å²) in [7, 11) is 0. The summed E-state index contributed by atoms with van der Waals surface area (Å²) in [6.45, 7) is 1.82. The number of hydrogen-bond acceptors (Lipinski definition) is 4. The molecule has 1 amide bonds. The van der Waals surface area contributed by atoms with Gasteiger partial charge in [-0.3, -0.25) is 10.1 Å². The minimum absolute atomic E-state index is 0.112. The fourth-order valence-electron chi connectivity index (χ4n) is 1.99. The number of anilines is 1. The number of aromatic nitrogens is 3. The third-order valence-electron chi connectivity index (χ3n) is 2.85. The summed E-state index contributed by atoms with van der Waals surface area (Å²) in [5, 5.41) is 15.1. The van der Waals surface area contributed by atoms with Crippen LogP contribution in [0.5, 0.6) is 0 Å². The molecule has 0 fully saturated rings. The molecule has 2 heterocycles. The van der Waals surface area contributed by atoms with Gasteiger partial charge >= 0.3 is 0 Å². The molecule has 0 unspecified atom stereocenters. The average Bonchev–Trinajstić information content (AvgIpc) is 2.67. The molecule has 1 aliphatic heterocycles. The van der Waals surface area contributed by atoms with Crippen molar-refractivity contribution in [2.24, 2.45) is 5.10 Å². The zero-order valence-electron chi connectivity index (χ0n) is 10.5. The van der Waals surface area contributed by atoms with Crippen molar-refractivity contribution in [1.82, 2.24) is 14.9 Å². The molecule has 6 nitrogen and oxygen atoms in total. The predicted molar refractivity (Wildman–Crippen MR) is 71.0 cm³/mol. The van der Waals surface area contributed by atoms with Crippen molar-refractivity contribution in [1.29, 1.82) is 0 Å². The van der Waals surface area contributed by atoms with Crippen LogP contribution in [0.1, 0.15) is 24.7 Å². The van der Waals surface area contributed by atoms with Gasteiger partial charge in [-0.15, -0.1) is 10.2 Å². The van der Waals surface area contributed by atoms with E-state index in [4.69, 9.17) is 0 Å². The first-order valence-corrected chi connectivity index (χ1v) is 6.05. The fraction of sp³-hybridized carbons (Fsp3) is 0.231. The van der Waals surface area contributed by atoms with Crippen LogP contribution in [0.15, 0.2) is 35.4 Å². The van der Waals surface area contributed by atoms with Crippen LogP contribution in [-0.4, -0.2) is 26.5 Å². The van der Waals surface area contributed by atoms with E-state index in [9.17, 15) is 4.79 Å². The molecule has 0 saturated heterocycles. The lowest BCUT2D eigenvalue weighted by atomic mass is 10.1. The van der Waals surface area contributed by atoms with Gasteiger partial charge in [-0.25, -0.2) is 0 Å². The summed E-state index contributed by atoms with van der Waals surface area (Å²) in [4.78, 5) is 11.6. The van der Waals surface area contributed by atoms with Crippen LogP contribution in [0.4, 0.5) is 5.95 Å². The summed E-state index contributed by atoms with van der Waals surface area (Å²) in [6.07, 6.45) is 0.911. The molecular formula is C13H13N5O. The summed E-state index contributed by atoms with van der Waals surface area (Å²) < 4.78 is 1.60. The molecule has 0 aliphatic carbocycles. The van der Waals surface area contributed by atoms with Crippen molar-refractivity contribution in [3.05, 3.63) is 41.7 Å². The molecule has 1 N–H and O–H groups in total. The highest BCUT2D eigenvalue weighted by Crippen LogP contribution is 2.15. The van der Waals surface area contributed by atoms with Gasteiger partial charge < -0.3 is 0 Å². The van der Waals surface area contributed by atoms with Crippen LogP contribution >= 0.6 is 0 Å². The van der Waals surface area contributed by atoms with Crippen LogP contribution in [-0.2, 0) is 11.2 Å². The Hall–Kier alpha value is -2.50. The standard InChI is InChI=1S/C13H13N5O/c1-9-7-12(19)14-13-16-15-11(18(13)17-9)8-10-5-3-2-4-6-10/h2-6H,7-8H2,1H3,(H,14,16,19). The second-order valence-corrected chi connectivity index (χ2v) is 4.47. The van der Waals surface area contributed by atoms with Crippen LogP contribution in [0.25, 0.3) is 0 Å². The van der Waals surface area contributed by atoms with Crippen molar-refractivity contribution >= 4 is 17.6 Å². The maximum absolute atomic E-state index is 11.6. The number of benzene rings is 1. The van der Waals surface area contributed by atoms with Gasteiger partial charge in [-0.1, -0.05) is 30.3 Å². The van der Waals surface area contributed by atoms with Crippen molar-refractivity contribution in [2.75, 3.05) is 5.32 Å². The second-order valence-electron chi connectivity index (χ2n) is 4.47. The molecule has 96 valence electrons. The van der Waals surface area contributed by atoms with E-state index in [2.05, 4.69) is 20.6 Å². The van der Waals surface area contributed by atoms with Gasteiger partial charge in [0.1, 0.15) is 0 Å². The van der Waals surface area contributed by atoms with Crippen molar-refractivity contribution in [3.8, 4) is 0 Å². The number of carbonyl (C=O) groups is 1. The number of carbonyl (C=O) groups excluding carboxylic acids is 1. The quantitative estimate of drug-likeness (QED) is 0.882. The number of hydrogen-bond donors (Lipinski definition) is 1. The van der Waals surface area contributed by atoms with E-state index in [0.717, 1.165) is 11.3 Å². The minimum Gasteiger partial charge on any atom is -0.293 e. The molecule has 3 rings (SSSR count). The Bertz CT molecular complexity index is 644. The van der Waals surface area contributed by atoms with E-state index in [-0.39, 0.29) is 12.3 Å². The van der Waals surface area contributed by atoms with E-state index in [1.54, 1.807) is 4.68 Å². The molecule has 0 spiro atoms. The number of nitrogens with one attached hydrogen (secondary N) is 1. The topological polar surface area (TPSA) is 72.2 Å². The maximum Gasteiger partial charge on any atom is 0.252 e. The molecule has 6 heteroatoms. The number of fused-ring (bicyclic) bond motifs is 1. The van der Waals surface area contributed by atoms with Gasteiger partial charge in [-0.05, 0) is 12.5 Å². The lowest BCUT2D eigenvalue weighted by molar-refractivity contribution is -0.115. The molecule has 0 bridgehead atoms. The molecule has 1 aromatic heterocycles. The van der Waals surface area contributed by atoms with E-state index >= 15 is 0 Å². The molecule has 1 aliphatic rings. The Morgan fingerprint density at radius 1 is 1.26 bits per heavy atom. The summed E-state index contributed by atoms with van der Waals surface area (Å²) >= 11 is 0. The van der Waals surface area contributed by atoms with Gasteiger partial charge in [0.05, 0.1) is 6.42 Å². The van der Waals surface area contributed by atoms with Crippen LogP contribution in [0.3, 0.4) is 0 Å². The van der Waals surface area contributed by atoms with Crippen LogP contribution in [0, 0.1) is 0 Å². The van der Waals surface area contributed by atoms with Gasteiger partial charge in [0, 0.05) is 12.1 Å². The molecule has 0 atom stereocenters. The molecule has 2 aromatic rings. The Morgan fingerprint density at radius 2 is 2.05 bits per heavy atom. The average molecular weight is 255 g/mol. The normalized spacial score (nSPS) is 14.4. The summed E-state index contributed by atoms with van der Waals surface area (Å²) in [5.41, 5.74) is 1.87. The highest BCUT2D eigenvalue weighted by Gasteiger charge is 2.18. The molecule has 0 saturated carbocycles. The SMILES string of the molecule is CC1=Nn2c(Cc3ccccc3)nnc2NC(=O)C1. The second kappa shape index (κ2) is 4.64. The number of nitrogens with zero attached hydrogens (tertiary/aromatic N) is 4. The smallest absolute Gasteiger partial charge is 0.252 e. The molecule has 19 heavy (non-hydrogen) atoms. The predicted octanol–water partition coefficient (Wildman–Crippen LogP) is 1.44. The molecule has 0 radical (unpaired) electrons. The first-order valence-electron chi connectivity index (χ1n) is 6.05. The van der Waals surface area contributed by atoms with E-state index in [1.165, 1.54) is 0 Å². The minimum atomic E-state index is -0.112. The van der Waals surface area contributed by atoms with Gasteiger partial charge in [0.2, 0.25) is 5.91 Å². The van der Waals surface area contributed by atoms with E-state index in [1.807, 2.05) is 37.3 Å². The van der Waals surface area contributed by atoms with Gasteiger partial charge in [-0.2, -0.15) is 9.78 Å². The molecular weight excluding hydrogens is 242 g/mol. The monoisotopic (exact) mass is 255 g/mol. The van der Waals surface area contributed by atoms with E-state index in [0.29, 0.717) is 18.2 Å². The Morgan fingerprint density at radius 3 is 2.84 bits per heavy atom. The van der Waals surface area contributed by atoms with Crippen molar-refractivity contribution in [3.63, 3.8) is 0 Å². The van der Waals surface area contributed by atoms with Crippen molar-refractivity contribution < 1.29 is 4.79 Å². The Kier molecular flexibility index (Phi) is 2.83. The number of rotatable bonds is 2. The summed E-state index contributed by atoms with van der Waals surface area (Å²) in [5.74, 6) is 0.981. The van der Waals surface area contributed by atoms with Crippen LogP contribution < -0.4 is 5.32 Å². The Balaban J connectivity index is 1.97. The third kappa shape index (κ3) is 2.37. The van der Waals surface area contributed by atoms with Gasteiger partial charge in [0.25, 0.3) is 5.95 Å². The lowest BCUT2D eigenvalue weighted by Gasteiger charge is -2.02. The maximum atomic E-state index is 11.6.